The lowest BCUT2D eigenvalue weighted by Gasteiger charge is -2.25. The summed E-state index contributed by atoms with van der Waals surface area (Å²) in [5.41, 5.74) is 2.02. The van der Waals surface area contributed by atoms with Crippen LogP contribution in [0.3, 0.4) is 0 Å². The number of rotatable bonds is 6. The third-order valence-corrected chi connectivity index (χ3v) is 5.86. The Kier molecular flexibility index (Phi) is 7.82. The number of fused-ring (bicyclic) bond motifs is 1. The summed E-state index contributed by atoms with van der Waals surface area (Å²) in [6.45, 7) is 0.863. The zero-order chi connectivity index (χ0) is 25.7. The number of halogens is 3. The molecule has 1 aromatic carbocycles. The van der Waals surface area contributed by atoms with Crippen LogP contribution in [0.1, 0.15) is 24.4 Å². The van der Waals surface area contributed by atoms with Gasteiger partial charge in [0.05, 0.1) is 11.7 Å². The maximum absolute atomic E-state index is 12.5. The third-order valence-electron chi connectivity index (χ3n) is 5.33. The van der Waals surface area contributed by atoms with Crippen LogP contribution in [-0.2, 0) is 28.5 Å². The van der Waals surface area contributed by atoms with Gasteiger partial charge in [-0.3, -0.25) is 9.00 Å². The summed E-state index contributed by atoms with van der Waals surface area (Å²) in [5.74, 6) is -1.06. The Hall–Kier alpha value is -3.55. The molecule has 2 atom stereocenters. The van der Waals surface area contributed by atoms with Crippen LogP contribution in [-0.4, -0.2) is 47.1 Å². The first-order valence-corrected chi connectivity index (χ1v) is 11.8. The van der Waals surface area contributed by atoms with Gasteiger partial charge in [0.1, 0.15) is 17.7 Å². The van der Waals surface area contributed by atoms with Crippen LogP contribution in [0.4, 0.5) is 13.2 Å². The number of alkyl halides is 3. The largest absolute Gasteiger partial charge is 0.766 e. The van der Waals surface area contributed by atoms with Gasteiger partial charge in [-0.05, 0) is 37.6 Å². The molecule has 9 nitrogen and oxygen atoms in total. The highest BCUT2D eigenvalue weighted by Gasteiger charge is 2.34. The highest BCUT2D eigenvalue weighted by Crippen LogP contribution is 2.26. The fourth-order valence-electron chi connectivity index (χ4n) is 3.33. The van der Waals surface area contributed by atoms with Crippen molar-refractivity contribution < 1.29 is 31.1 Å². The van der Waals surface area contributed by atoms with Crippen molar-refractivity contribution in [3.05, 3.63) is 66.6 Å². The van der Waals surface area contributed by atoms with Crippen LogP contribution >= 0.6 is 0 Å². The van der Waals surface area contributed by atoms with Gasteiger partial charge in [0.2, 0.25) is 5.82 Å². The average Bonchev–Trinajstić information content (AvgIpc) is 3.27. The summed E-state index contributed by atoms with van der Waals surface area (Å²) < 4.78 is 63.4. The lowest BCUT2D eigenvalue weighted by atomic mass is 9.98. The molecule has 1 aliphatic rings. The molecule has 5 rings (SSSR count). The number of Topliss-reactive ketones (excluding diaryl/α,β-unsaturated/α-hetero) is 1. The number of nitrogens with zero attached hydrogens (tertiary/aromatic N) is 4. The maximum atomic E-state index is 12.5. The van der Waals surface area contributed by atoms with Gasteiger partial charge in [0.15, 0.2) is 5.09 Å². The standard InChI is InChI=1S/C15H14F3N5O.C8H6O3S/c16-15(17,18)14-20-6-9(7-21-14)12-5-10(22-8-23-12)1-2-13(24)11-3-4-19-11;9-12(10)8-5-6-3-1-2-4-7(6)11-8/h5-8,11,19H,1-4H2;1-5H,(H,9,10)/p-1/t11-;/m0./s1. The monoisotopic (exact) mass is 518 g/mol. The van der Waals surface area contributed by atoms with Crippen molar-refractivity contribution in [2.75, 3.05) is 6.54 Å². The van der Waals surface area contributed by atoms with Crippen LogP contribution < -0.4 is 5.32 Å². The highest BCUT2D eigenvalue weighted by molar-refractivity contribution is 7.79. The number of nitrogens with one attached hydrogen (secondary N) is 1. The van der Waals surface area contributed by atoms with E-state index in [4.69, 9.17) is 4.42 Å². The van der Waals surface area contributed by atoms with Crippen molar-refractivity contribution in [1.29, 1.82) is 0 Å². The first kappa shape index (κ1) is 25.5. The van der Waals surface area contributed by atoms with Gasteiger partial charge in [0, 0.05) is 46.5 Å². The number of aryl methyl sites for hydroxylation is 1. The van der Waals surface area contributed by atoms with Gasteiger partial charge >= 0.3 is 6.18 Å². The lowest BCUT2D eigenvalue weighted by molar-refractivity contribution is -0.145. The lowest BCUT2D eigenvalue weighted by Crippen LogP contribution is -2.48. The van der Waals surface area contributed by atoms with E-state index in [1.54, 1.807) is 24.3 Å². The van der Waals surface area contributed by atoms with Gasteiger partial charge in [-0.2, -0.15) is 13.2 Å². The van der Waals surface area contributed by atoms with Crippen LogP contribution in [0, 0.1) is 0 Å². The number of furan rings is 1. The van der Waals surface area contributed by atoms with Crippen molar-refractivity contribution in [1.82, 2.24) is 25.3 Å². The van der Waals surface area contributed by atoms with Crippen LogP contribution in [0.25, 0.3) is 22.2 Å². The smallest absolute Gasteiger partial charge is 0.451 e. The van der Waals surface area contributed by atoms with Crippen molar-refractivity contribution in [3.8, 4) is 11.3 Å². The van der Waals surface area contributed by atoms with Gasteiger partial charge in [-0.25, -0.2) is 19.9 Å². The SMILES string of the molecule is O=C(CCc1cc(-c2cnc(C(F)(F)F)nc2)ncn1)[C@@H]1CCN1.O=S([O-])c1cc2ccccc2o1. The highest BCUT2D eigenvalue weighted by atomic mass is 32.2. The zero-order valence-corrected chi connectivity index (χ0v) is 19.4. The molecule has 0 aliphatic carbocycles. The Bertz CT molecular complexity index is 1340. The molecule has 0 saturated carbocycles. The molecule has 1 saturated heterocycles. The van der Waals surface area contributed by atoms with E-state index in [1.807, 2.05) is 6.07 Å². The second-order valence-electron chi connectivity index (χ2n) is 7.79. The van der Waals surface area contributed by atoms with Crippen molar-refractivity contribution >= 4 is 27.8 Å². The summed E-state index contributed by atoms with van der Waals surface area (Å²) in [5, 5.41) is 3.83. The number of carbonyl (C=O) groups excluding carboxylic acids is 1. The minimum Gasteiger partial charge on any atom is -0.766 e. The number of benzene rings is 1. The van der Waals surface area contributed by atoms with E-state index in [1.165, 1.54) is 12.4 Å². The molecule has 188 valence electrons. The fraction of sp³-hybridized carbons (Fsp3) is 0.261. The Balaban J connectivity index is 0.000000211. The Labute approximate surface area is 205 Å². The quantitative estimate of drug-likeness (QED) is 0.381. The van der Waals surface area contributed by atoms with E-state index in [9.17, 15) is 26.7 Å². The van der Waals surface area contributed by atoms with Crippen molar-refractivity contribution in [3.63, 3.8) is 0 Å². The number of para-hydroxylation sites is 1. The van der Waals surface area contributed by atoms with Crippen LogP contribution in [0.5, 0.6) is 0 Å². The van der Waals surface area contributed by atoms with E-state index in [2.05, 4.69) is 25.3 Å². The molecule has 0 amide bonds. The van der Waals surface area contributed by atoms with E-state index in [0.717, 1.165) is 30.7 Å². The molecular weight excluding hydrogens is 499 g/mol. The van der Waals surface area contributed by atoms with Crippen LogP contribution in [0.2, 0.25) is 0 Å². The summed E-state index contributed by atoms with van der Waals surface area (Å²) in [4.78, 5) is 26.6. The number of aromatic nitrogens is 4. The molecule has 1 aliphatic heterocycles. The molecular formula is C23H19F3N5O4S-. The Morgan fingerprint density at radius 1 is 1.14 bits per heavy atom. The zero-order valence-electron chi connectivity index (χ0n) is 18.6. The number of ketones is 1. The van der Waals surface area contributed by atoms with E-state index < -0.39 is 23.1 Å². The summed E-state index contributed by atoms with van der Waals surface area (Å²) >= 11 is -2.28. The number of hydrogen-bond donors (Lipinski definition) is 1. The Morgan fingerprint density at radius 2 is 1.86 bits per heavy atom. The molecule has 36 heavy (non-hydrogen) atoms. The summed E-state index contributed by atoms with van der Waals surface area (Å²) in [6, 6.07) is 10.2. The third kappa shape index (κ3) is 6.36. The van der Waals surface area contributed by atoms with E-state index >= 15 is 0 Å². The normalized spacial score (nSPS) is 16.1. The van der Waals surface area contributed by atoms with E-state index in [-0.39, 0.29) is 16.9 Å². The van der Waals surface area contributed by atoms with Gasteiger partial charge in [0.25, 0.3) is 0 Å². The average molecular weight is 518 g/mol. The molecule has 3 aromatic heterocycles. The van der Waals surface area contributed by atoms with Crippen molar-refractivity contribution in [2.24, 2.45) is 0 Å². The van der Waals surface area contributed by atoms with Crippen LogP contribution in [0.15, 0.2) is 64.6 Å². The van der Waals surface area contributed by atoms with Gasteiger partial charge < -0.3 is 14.3 Å². The molecule has 0 spiro atoms. The van der Waals surface area contributed by atoms with E-state index in [0.29, 0.717) is 35.4 Å². The molecule has 1 N–H and O–H groups in total. The topological polar surface area (TPSA) is 134 Å². The molecule has 1 fully saturated rings. The molecule has 0 radical (unpaired) electrons. The molecule has 13 heteroatoms. The minimum absolute atomic E-state index is 0.0174. The van der Waals surface area contributed by atoms with Gasteiger partial charge in [-0.15, -0.1) is 0 Å². The second-order valence-corrected chi connectivity index (χ2v) is 8.66. The predicted molar refractivity (Wildman–Crippen MR) is 121 cm³/mol. The Morgan fingerprint density at radius 3 is 2.47 bits per heavy atom. The minimum atomic E-state index is -4.58. The first-order chi connectivity index (χ1) is 17.2. The molecule has 4 heterocycles. The fourth-order valence-corrected chi connectivity index (χ4v) is 3.71. The molecule has 4 aromatic rings. The second kappa shape index (κ2) is 11.0. The molecule has 0 bridgehead atoms. The first-order valence-electron chi connectivity index (χ1n) is 10.7. The van der Waals surface area contributed by atoms with Gasteiger partial charge in [-0.1, -0.05) is 18.2 Å². The molecule has 1 unspecified atom stereocenters. The number of hydrogen-bond acceptors (Lipinski definition) is 9. The maximum Gasteiger partial charge on any atom is 0.451 e. The van der Waals surface area contributed by atoms with Crippen molar-refractivity contribution in [2.45, 2.75) is 36.6 Å². The summed E-state index contributed by atoms with van der Waals surface area (Å²) in [6.07, 6.45) is 0.554. The summed E-state index contributed by atoms with van der Waals surface area (Å²) in [7, 11) is 0. The predicted octanol–water partition coefficient (Wildman–Crippen LogP) is 3.49. The number of carbonyl (C=O) groups is 1.